The third-order valence-electron chi connectivity index (χ3n) is 1.90. The fourth-order valence-corrected chi connectivity index (χ4v) is 1.79. The van der Waals surface area contributed by atoms with Crippen LogP contribution in [0, 0.1) is 18.3 Å². The minimum absolute atomic E-state index is 0.151. The summed E-state index contributed by atoms with van der Waals surface area (Å²) in [7, 11) is -2.07. The first-order chi connectivity index (χ1) is 6.95. The Balaban J connectivity index is 2.72. The van der Waals surface area contributed by atoms with Crippen LogP contribution in [-0.2, 0) is 16.6 Å². The van der Waals surface area contributed by atoms with Gasteiger partial charge in [0, 0.05) is 7.05 Å². The van der Waals surface area contributed by atoms with E-state index < -0.39 is 15.8 Å². The predicted octanol–water partition coefficient (Wildman–Crippen LogP) is 0.873. The molecule has 82 valence electrons. The lowest BCUT2D eigenvalue weighted by atomic mass is 10.4. The summed E-state index contributed by atoms with van der Waals surface area (Å²) in [5, 5.41) is 8.34. The third-order valence-corrected chi connectivity index (χ3v) is 3.47. The van der Waals surface area contributed by atoms with Crippen molar-refractivity contribution in [2.24, 2.45) is 0 Å². The molecule has 1 rings (SSSR count). The van der Waals surface area contributed by atoms with Crippen LogP contribution in [0.15, 0.2) is 16.5 Å². The van der Waals surface area contributed by atoms with Crippen molar-refractivity contribution in [3.8, 4) is 6.07 Å². The largest absolute Gasteiger partial charge is 0.465 e. The van der Waals surface area contributed by atoms with Crippen molar-refractivity contribution in [1.29, 1.82) is 5.26 Å². The number of sulfonamides is 1. The second kappa shape index (κ2) is 4.47. The van der Waals surface area contributed by atoms with E-state index >= 15 is 0 Å². The van der Waals surface area contributed by atoms with Crippen molar-refractivity contribution in [2.45, 2.75) is 13.5 Å². The quantitative estimate of drug-likeness (QED) is 0.766. The van der Waals surface area contributed by atoms with Crippen molar-refractivity contribution < 1.29 is 12.8 Å². The Morgan fingerprint density at radius 1 is 1.53 bits per heavy atom. The molecule has 0 spiro atoms. The predicted molar refractivity (Wildman–Crippen MR) is 54.3 cm³/mol. The summed E-state index contributed by atoms with van der Waals surface area (Å²) >= 11 is 0. The number of rotatable bonds is 4. The average Bonchev–Trinajstić information content (AvgIpc) is 2.51. The minimum atomic E-state index is -3.49. The van der Waals surface area contributed by atoms with E-state index in [1.165, 1.54) is 7.05 Å². The summed E-state index contributed by atoms with van der Waals surface area (Å²) in [6.07, 6.45) is 0. The van der Waals surface area contributed by atoms with Gasteiger partial charge in [-0.15, -0.1) is 0 Å². The molecule has 0 atom stereocenters. The van der Waals surface area contributed by atoms with E-state index in [0.29, 0.717) is 5.76 Å². The first kappa shape index (κ1) is 11.8. The molecule has 0 saturated carbocycles. The third kappa shape index (κ3) is 3.08. The minimum Gasteiger partial charge on any atom is -0.465 e. The van der Waals surface area contributed by atoms with Gasteiger partial charge >= 0.3 is 0 Å². The summed E-state index contributed by atoms with van der Waals surface area (Å²) in [6.45, 7) is 1.94. The van der Waals surface area contributed by atoms with E-state index in [4.69, 9.17) is 9.68 Å². The van der Waals surface area contributed by atoms with Crippen LogP contribution in [0.1, 0.15) is 11.5 Å². The van der Waals surface area contributed by atoms with Crippen LogP contribution in [-0.4, -0.2) is 25.5 Å². The molecule has 0 aromatic carbocycles. The summed E-state index contributed by atoms with van der Waals surface area (Å²) in [5.41, 5.74) is 0. The molecule has 0 fully saturated rings. The van der Waals surface area contributed by atoms with Crippen LogP contribution in [0.5, 0.6) is 0 Å². The molecule has 6 heteroatoms. The summed E-state index contributed by atoms with van der Waals surface area (Å²) in [6, 6.07) is 5.10. The zero-order valence-electron chi connectivity index (χ0n) is 8.60. The first-order valence-electron chi connectivity index (χ1n) is 4.32. The van der Waals surface area contributed by atoms with Crippen molar-refractivity contribution in [1.82, 2.24) is 4.31 Å². The highest BCUT2D eigenvalue weighted by Gasteiger charge is 2.18. The number of hydrogen-bond donors (Lipinski definition) is 0. The molecule has 0 aliphatic carbocycles. The SMILES string of the molecule is Cc1ccc(CN(C)S(=O)(=O)CC#N)o1. The molecule has 5 nitrogen and oxygen atoms in total. The maximum Gasteiger partial charge on any atom is 0.227 e. The zero-order chi connectivity index (χ0) is 11.5. The molecule has 0 radical (unpaired) electrons. The van der Waals surface area contributed by atoms with Gasteiger partial charge < -0.3 is 4.42 Å². The Kier molecular flexibility index (Phi) is 3.50. The molecule has 0 amide bonds. The number of hydrogen-bond acceptors (Lipinski definition) is 4. The first-order valence-corrected chi connectivity index (χ1v) is 5.93. The molecule has 15 heavy (non-hydrogen) atoms. The highest BCUT2D eigenvalue weighted by Crippen LogP contribution is 2.10. The van der Waals surface area contributed by atoms with E-state index in [0.717, 1.165) is 10.1 Å². The van der Waals surface area contributed by atoms with Gasteiger partial charge in [0.1, 0.15) is 11.5 Å². The van der Waals surface area contributed by atoms with Crippen molar-refractivity contribution in [2.75, 3.05) is 12.8 Å². The van der Waals surface area contributed by atoms with Gasteiger partial charge in [-0.05, 0) is 19.1 Å². The van der Waals surface area contributed by atoms with E-state index in [-0.39, 0.29) is 6.54 Å². The fourth-order valence-electron chi connectivity index (χ4n) is 1.08. The monoisotopic (exact) mass is 228 g/mol. The van der Waals surface area contributed by atoms with E-state index in [2.05, 4.69) is 0 Å². The van der Waals surface area contributed by atoms with Gasteiger partial charge in [-0.3, -0.25) is 0 Å². The van der Waals surface area contributed by atoms with Crippen molar-refractivity contribution in [3.63, 3.8) is 0 Å². The lowest BCUT2D eigenvalue weighted by Gasteiger charge is -2.12. The molecule has 0 unspecified atom stereocenters. The number of nitriles is 1. The van der Waals surface area contributed by atoms with Gasteiger partial charge in [0.25, 0.3) is 0 Å². The summed E-state index contributed by atoms with van der Waals surface area (Å²) < 4.78 is 29.2. The summed E-state index contributed by atoms with van der Waals surface area (Å²) in [5.74, 6) is 0.788. The van der Waals surface area contributed by atoms with Crippen LogP contribution in [0.2, 0.25) is 0 Å². The number of nitrogens with zero attached hydrogens (tertiary/aromatic N) is 2. The zero-order valence-corrected chi connectivity index (χ0v) is 9.41. The highest BCUT2D eigenvalue weighted by molar-refractivity contribution is 7.89. The van der Waals surface area contributed by atoms with Gasteiger partial charge in [0.2, 0.25) is 10.0 Å². The molecule has 0 aliphatic heterocycles. The fraction of sp³-hybridized carbons (Fsp3) is 0.444. The van der Waals surface area contributed by atoms with E-state index in [9.17, 15) is 8.42 Å². The van der Waals surface area contributed by atoms with E-state index in [1.807, 2.05) is 0 Å². The van der Waals surface area contributed by atoms with Crippen molar-refractivity contribution in [3.05, 3.63) is 23.7 Å². The molecule has 1 aromatic rings. The Labute approximate surface area is 89.0 Å². The summed E-state index contributed by atoms with van der Waals surface area (Å²) in [4.78, 5) is 0. The van der Waals surface area contributed by atoms with Gasteiger partial charge in [0.15, 0.2) is 5.75 Å². The van der Waals surface area contributed by atoms with Gasteiger partial charge in [0.05, 0.1) is 12.6 Å². The molecule has 0 aliphatic rings. The second-order valence-corrected chi connectivity index (χ2v) is 5.26. The lowest BCUT2D eigenvalue weighted by molar-refractivity contribution is 0.398. The van der Waals surface area contributed by atoms with Crippen LogP contribution in [0.3, 0.4) is 0 Å². The number of furan rings is 1. The Bertz CT molecular complexity index is 470. The average molecular weight is 228 g/mol. The lowest BCUT2D eigenvalue weighted by Crippen LogP contribution is -2.28. The molecular formula is C9H12N2O3S. The standard InChI is InChI=1S/C9H12N2O3S/c1-8-3-4-9(14-8)7-11(2)15(12,13)6-5-10/h3-4H,6-7H2,1-2H3. The molecule has 0 N–H and O–H groups in total. The molecular weight excluding hydrogens is 216 g/mol. The smallest absolute Gasteiger partial charge is 0.227 e. The van der Waals surface area contributed by atoms with E-state index in [1.54, 1.807) is 25.1 Å². The molecule has 1 heterocycles. The van der Waals surface area contributed by atoms with Gasteiger partial charge in [-0.1, -0.05) is 0 Å². The van der Waals surface area contributed by atoms with Gasteiger partial charge in [-0.2, -0.15) is 9.57 Å². The molecule has 0 bridgehead atoms. The molecule has 0 saturated heterocycles. The van der Waals surface area contributed by atoms with Crippen LogP contribution in [0.25, 0.3) is 0 Å². The Hall–Kier alpha value is -1.32. The Morgan fingerprint density at radius 3 is 2.67 bits per heavy atom. The highest BCUT2D eigenvalue weighted by atomic mass is 32.2. The van der Waals surface area contributed by atoms with Crippen LogP contribution in [0.4, 0.5) is 0 Å². The maximum absolute atomic E-state index is 11.4. The second-order valence-electron chi connectivity index (χ2n) is 3.18. The molecule has 1 aromatic heterocycles. The normalized spacial score (nSPS) is 11.6. The van der Waals surface area contributed by atoms with Crippen LogP contribution >= 0.6 is 0 Å². The number of aryl methyl sites for hydroxylation is 1. The van der Waals surface area contributed by atoms with Gasteiger partial charge in [-0.25, -0.2) is 8.42 Å². The topological polar surface area (TPSA) is 74.3 Å². The maximum atomic E-state index is 11.4. The Morgan fingerprint density at radius 2 is 2.20 bits per heavy atom. The van der Waals surface area contributed by atoms with Crippen LogP contribution < -0.4 is 0 Å². The van der Waals surface area contributed by atoms with Crippen molar-refractivity contribution >= 4 is 10.0 Å².